The monoisotopic (exact) mass is 284 g/mol. The zero-order valence-electron chi connectivity index (χ0n) is 11.9. The van der Waals surface area contributed by atoms with Gasteiger partial charge < -0.3 is 19.2 Å². The van der Waals surface area contributed by atoms with Crippen LogP contribution in [0.5, 0.6) is 17.2 Å². The topological polar surface area (TPSA) is 56.4 Å². The number of methoxy groups -OCH3 is 2. The van der Waals surface area contributed by atoms with Crippen molar-refractivity contribution in [3.8, 4) is 17.2 Å². The lowest BCUT2D eigenvalue weighted by Crippen LogP contribution is -1.97. The van der Waals surface area contributed by atoms with Gasteiger partial charge in [0.25, 0.3) is 0 Å². The molecule has 3 aromatic rings. The molecule has 2 aromatic carbocycles. The highest BCUT2D eigenvalue weighted by molar-refractivity contribution is 5.76. The van der Waals surface area contributed by atoms with Crippen molar-refractivity contribution in [3.05, 3.63) is 48.3 Å². The van der Waals surface area contributed by atoms with Gasteiger partial charge in [-0.2, -0.15) is 0 Å². The number of aromatic nitrogens is 2. The van der Waals surface area contributed by atoms with Crippen molar-refractivity contribution >= 4 is 11.0 Å². The molecule has 5 heteroatoms. The Bertz CT molecular complexity index is 752. The second-order valence-electron chi connectivity index (χ2n) is 4.53. The van der Waals surface area contributed by atoms with Gasteiger partial charge in [0.2, 0.25) is 0 Å². The van der Waals surface area contributed by atoms with Crippen molar-refractivity contribution in [1.29, 1.82) is 0 Å². The quantitative estimate of drug-likeness (QED) is 0.782. The van der Waals surface area contributed by atoms with Crippen LogP contribution in [0.2, 0.25) is 0 Å². The molecule has 0 radical (unpaired) electrons. The first-order valence-electron chi connectivity index (χ1n) is 6.58. The SMILES string of the molecule is COc1cccc(OCc2nc3ccc(OC)cc3[nH]2)c1. The fraction of sp³-hybridized carbons (Fsp3) is 0.188. The molecular weight excluding hydrogens is 268 g/mol. The molecule has 0 aliphatic rings. The summed E-state index contributed by atoms with van der Waals surface area (Å²) < 4.78 is 16.1. The largest absolute Gasteiger partial charge is 0.497 e. The molecule has 0 unspecified atom stereocenters. The van der Waals surface area contributed by atoms with Crippen molar-refractivity contribution in [2.45, 2.75) is 6.61 Å². The second kappa shape index (κ2) is 5.75. The average molecular weight is 284 g/mol. The molecule has 1 aromatic heterocycles. The van der Waals surface area contributed by atoms with E-state index in [0.717, 1.165) is 34.1 Å². The molecule has 0 saturated heterocycles. The van der Waals surface area contributed by atoms with Crippen molar-refractivity contribution in [2.24, 2.45) is 0 Å². The summed E-state index contributed by atoms with van der Waals surface area (Å²) in [6.07, 6.45) is 0. The van der Waals surface area contributed by atoms with E-state index in [1.165, 1.54) is 0 Å². The molecule has 1 heterocycles. The third kappa shape index (κ3) is 2.91. The van der Waals surface area contributed by atoms with Crippen molar-refractivity contribution in [2.75, 3.05) is 14.2 Å². The van der Waals surface area contributed by atoms with Gasteiger partial charge in [-0.05, 0) is 24.3 Å². The summed E-state index contributed by atoms with van der Waals surface area (Å²) in [5.41, 5.74) is 1.82. The Morgan fingerprint density at radius 1 is 0.952 bits per heavy atom. The molecule has 3 rings (SSSR count). The number of rotatable bonds is 5. The van der Waals surface area contributed by atoms with E-state index in [9.17, 15) is 0 Å². The molecule has 5 nitrogen and oxygen atoms in total. The van der Waals surface area contributed by atoms with Crippen LogP contribution in [-0.2, 0) is 6.61 Å². The molecule has 21 heavy (non-hydrogen) atoms. The molecule has 0 aliphatic heterocycles. The molecule has 0 saturated carbocycles. The van der Waals surface area contributed by atoms with Crippen molar-refractivity contribution in [3.63, 3.8) is 0 Å². The van der Waals surface area contributed by atoms with E-state index < -0.39 is 0 Å². The number of aromatic amines is 1. The number of H-pyrrole nitrogens is 1. The average Bonchev–Trinajstić information content (AvgIpc) is 2.95. The predicted octanol–water partition coefficient (Wildman–Crippen LogP) is 3.16. The molecule has 0 fully saturated rings. The summed E-state index contributed by atoms with van der Waals surface area (Å²) in [6, 6.07) is 13.2. The molecule has 108 valence electrons. The highest BCUT2D eigenvalue weighted by Gasteiger charge is 2.05. The molecule has 0 amide bonds. The lowest BCUT2D eigenvalue weighted by Gasteiger charge is -2.05. The van der Waals surface area contributed by atoms with Crippen LogP contribution in [0.15, 0.2) is 42.5 Å². The van der Waals surface area contributed by atoms with Crippen LogP contribution in [0.1, 0.15) is 5.82 Å². The van der Waals surface area contributed by atoms with Crippen molar-refractivity contribution < 1.29 is 14.2 Å². The smallest absolute Gasteiger partial charge is 0.146 e. The number of imidazole rings is 1. The first kappa shape index (κ1) is 13.3. The lowest BCUT2D eigenvalue weighted by atomic mass is 10.3. The number of benzene rings is 2. The van der Waals surface area contributed by atoms with Crippen LogP contribution in [-0.4, -0.2) is 24.2 Å². The first-order chi connectivity index (χ1) is 10.3. The van der Waals surface area contributed by atoms with E-state index in [2.05, 4.69) is 9.97 Å². The van der Waals surface area contributed by atoms with Gasteiger partial charge in [-0.15, -0.1) is 0 Å². The van der Waals surface area contributed by atoms with Gasteiger partial charge in [0.1, 0.15) is 29.7 Å². The summed E-state index contributed by atoms with van der Waals surface area (Å²) in [5, 5.41) is 0. The van der Waals surface area contributed by atoms with E-state index >= 15 is 0 Å². The van der Waals surface area contributed by atoms with Crippen LogP contribution >= 0.6 is 0 Å². The Morgan fingerprint density at radius 3 is 2.52 bits per heavy atom. The third-order valence-corrected chi connectivity index (χ3v) is 3.15. The molecule has 0 spiro atoms. The van der Waals surface area contributed by atoms with E-state index in [-0.39, 0.29) is 0 Å². The van der Waals surface area contributed by atoms with Crippen LogP contribution in [0.3, 0.4) is 0 Å². The van der Waals surface area contributed by atoms with Gasteiger partial charge in [0, 0.05) is 12.1 Å². The normalized spacial score (nSPS) is 10.6. The lowest BCUT2D eigenvalue weighted by molar-refractivity contribution is 0.295. The van der Waals surface area contributed by atoms with Gasteiger partial charge in [-0.1, -0.05) is 6.07 Å². The van der Waals surface area contributed by atoms with Crippen LogP contribution in [0, 0.1) is 0 Å². The Hall–Kier alpha value is -2.69. The van der Waals surface area contributed by atoms with E-state index in [4.69, 9.17) is 14.2 Å². The Kier molecular flexibility index (Phi) is 3.64. The number of ether oxygens (including phenoxy) is 3. The highest BCUT2D eigenvalue weighted by Crippen LogP contribution is 2.21. The van der Waals surface area contributed by atoms with Crippen LogP contribution in [0.25, 0.3) is 11.0 Å². The first-order valence-corrected chi connectivity index (χ1v) is 6.58. The summed E-state index contributed by atoms with van der Waals surface area (Å²) in [6.45, 7) is 0.365. The van der Waals surface area contributed by atoms with Gasteiger partial charge >= 0.3 is 0 Å². The van der Waals surface area contributed by atoms with Crippen molar-refractivity contribution in [1.82, 2.24) is 9.97 Å². The van der Waals surface area contributed by atoms with Gasteiger partial charge in [0.05, 0.1) is 25.3 Å². The van der Waals surface area contributed by atoms with Crippen LogP contribution < -0.4 is 14.2 Å². The fourth-order valence-corrected chi connectivity index (χ4v) is 2.08. The minimum Gasteiger partial charge on any atom is -0.497 e. The number of fused-ring (bicyclic) bond motifs is 1. The second-order valence-corrected chi connectivity index (χ2v) is 4.53. The van der Waals surface area contributed by atoms with Gasteiger partial charge in [-0.25, -0.2) is 4.98 Å². The number of nitrogens with one attached hydrogen (secondary N) is 1. The zero-order chi connectivity index (χ0) is 14.7. The fourth-order valence-electron chi connectivity index (χ4n) is 2.08. The summed E-state index contributed by atoms with van der Waals surface area (Å²) in [4.78, 5) is 7.70. The standard InChI is InChI=1S/C16H16N2O3/c1-19-11-4-3-5-13(8-11)21-10-16-17-14-7-6-12(20-2)9-15(14)18-16/h3-9H,10H2,1-2H3,(H,17,18). The maximum atomic E-state index is 5.72. The maximum absolute atomic E-state index is 5.72. The van der Waals surface area contributed by atoms with E-state index in [0.29, 0.717) is 6.61 Å². The minimum absolute atomic E-state index is 0.365. The molecular formula is C16H16N2O3. The number of hydrogen-bond donors (Lipinski definition) is 1. The third-order valence-electron chi connectivity index (χ3n) is 3.15. The molecule has 0 aliphatic carbocycles. The highest BCUT2D eigenvalue weighted by atomic mass is 16.5. The predicted molar refractivity (Wildman–Crippen MR) is 80.0 cm³/mol. The van der Waals surface area contributed by atoms with Gasteiger partial charge in [0.15, 0.2) is 0 Å². The zero-order valence-corrected chi connectivity index (χ0v) is 11.9. The van der Waals surface area contributed by atoms with Gasteiger partial charge in [-0.3, -0.25) is 0 Å². The van der Waals surface area contributed by atoms with E-state index in [1.54, 1.807) is 14.2 Å². The molecule has 1 N–H and O–H groups in total. The van der Waals surface area contributed by atoms with Crippen LogP contribution in [0.4, 0.5) is 0 Å². The number of nitrogens with zero attached hydrogens (tertiary/aromatic N) is 1. The number of hydrogen-bond acceptors (Lipinski definition) is 4. The maximum Gasteiger partial charge on any atom is 0.146 e. The Morgan fingerprint density at radius 2 is 1.71 bits per heavy atom. The van der Waals surface area contributed by atoms with E-state index in [1.807, 2.05) is 42.5 Å². The molecule has 0 atom stereocenters. The molecule has 0 bridgehead atoms. The summed E-state index contributed by atoms with van der Waals surface area (Å²) in [5.74, 6) is 3.07. The summed E-state index contributed by atoms with van der Waals surface area (Å²) in [7, 11) is 3.27. The Balaban J connectivity index is 1.75. The summed E-state index contributed by atoms with van der Waals surface area (Å²) >= 11 is 0. The minimum atomic E-state index is 0.365. The Labute approximate surface area is 122 Å².